The van der Waals surface area contributed by atoms with Crippen LogP contribution in [0.15, 0.2) is 72.8 Å². The summed E-state index contributed by atoms with van der Waals surface area (Å²) in [6.45, 7) is 4.34. The molecular weight excluding hydrogens is 346 g/mol. The molecule has 3 rings (SSSR count). The van der Waals surface area contributed by atoms with Crippen LogP contribution in [-0.4, -0.2) is 26.3 Å². The first kappa shape index (κ1) is 20.0. The third kappa shape index (κ3) is 3.76. The second-order valence-corrected chi connectivity index (χ2v) is 7.66. The van der Waals surface area contributed by atoms with Crippen LogP contribution >= 0.6 is 0 Å². The quantitative estimate of drug-likeness (QED) is 0.604. The zero-order valence-corrected chi connectivity index (χ0v) is 17.3. The Kier molecular flexibility index (Phi) is 5.76. The van der Waals surface area contributed by atoms with Crippen molar-refractivity contribution in [1.82, 2.24) is 0 Å². The third-order valence-corrected chi connectivity index (χ3v) is 5.30. The lowest BCUT2D eigenvalue weighted by Gasteiger charge is -2.31. The molecule has 0 heterocycles. The highest BCUT2D eigenvalue weighted by molar-refractivity contribution is 5.53. The van der Waals surface area contributed by atoms with Gasteiger partial charge in [0.15, 0.2) is 0 Å². The summed E-state index contributed by atoms with van der Waals surface area (Å²) < 4.78 is 5.29. The molecule has 0 amide bonds. The van der Waals surface area contributed by atoms with Gasteiger partial charge in [0.25, 0.3) is 0 Å². The van der Waals surface area contributed by atoms with Crippen molar-refractivity contribution < 1.29 is 9.84 Å². The first-order chi connectivity index (χ1) is 13.4. The fourth-order valence-corrected chi connectivity index (χ4v) is 3.44. The molecule has 0 aliphatic carbocycles. The lowest BCUT2D eigenvalue weighted by molar-refractivity contribution is 0.125. The van der Waals surface area contributed by atoms with Crippen LogP contribution in [0.1, 0.15) is 42.0 Å². The molecule has 0 aromatic heterocycles. The average molecular weight is 376 g/mol. The van der Waals surface area contributed by atoms with Gasteiger partial charge in [0.05, 0.1) is 7.11 Å². The fraction of sp³-hybridized carbons (Fsp3) is 0.280. The maximum absolute atomic E-state index is 12.0. The molecule has 0 radical (unpaired) electrons. The molecule has 3 heteroatoms. The van der Waals surface area contributed by atoms with E-state index in [2.05, 4.69) is 26.0 Å². The number of ether oxygens (including phenoxy) is 1. The molecule has 28 heavy (non-hydrogen) atoms. The van der Waals surface area contributed by atoms with Crippen LogP contribution < -0.4 is 9.64 Å². The van der Waals surface area contributed by atoms with Gasteiger partial charge in [0, 0.05) is 19.8 Å². The van der Waals surface area contributed by atoms with Crippen LogP contribution in [0.4, 0.5) is 5.69 Å². The SMILES string of the molecule is COc1ccc(C(O)(c2ccc(C(C)C)cc2)c2ccc(N(C)C)cc2)cc1. The minimum atomic E-state index is -1.24. The van der Waals surface area contributed by atoms with Gasteiger partial charge in [-0.1, -0.05) is 62.4 Å². The summed E-state index contributed by atoms with van der Waals surface area (Å²) in [7, 11) is 5.66. The van der Waals surface area contributed by atoms with Crippen LogP contribution in [0.2, 0.25) is 0 Å². The zero-order chi connectivity index (χ0) is 20.3. The normalized spacial score (nSPS) is 13.2. The second kappa shape index (κ2) is 8.07. The highest BCUT2D eigenvalue weighted by Crippen LogP contribution is 2.38. The molecule has 1 unspecified atom stereocenters. The molecule has 1 N–H and O–H groups in total. The Labute approximate surface area is 168 Å². The van der Waals surface area contributed by atoms with E-state index >= 15 is 0 Å². The Bertz CT molecular complexity index is 843. The average Bonchev–Trinajstić information content (AvgIpc) is 2.73. The van der Waals surface area contributed by atoms with Crippen molar-refractivity contribution in [3.8, 4) is 5.75 Å². The predicted octanol–water partition coefficient (Wildman–Crippen LogP) is 5.17. The summed E-state index contributed by atoms with van der Waals surface area (Å²) >= 11 is 0. The highest BCUT2D eigenvalue weighted by Gasteiger charge is 2.34. The number of hydrogen-bond donors (Lipinski definition) is 1. The van der Waals surface area contributed by atoms with Gasteiger partial charge in [0.1, 0.15) is 11.4 Å². The van der Waals surface area contributed by atoms with Crippen molar-refractivity contribution in [2.75, 3.05) is 26.1 Å². The first-order valence-electron chi connectivity index (χ1n) is 9.61. The fourth-order valence-electron chi connectivity index (χ4n) is 3.44. The Morgan fingerprint density at radius 3 is 1.57 bits per heavy atom. The van der Waals surface area contributed by atoms with Gasteiger partial charge in [-0.15, -0.1) is 0 Å². The minimum absolute atomic E-state index is 0.447. The molecule has 3 nitrogen and oxygen atoms in total. The molecule has 0 fully saturated rings. The lowest BCUT2D eigenvalue weighted by Crippen LogP contribution is -2.29. The molecular formula is C25H29NO2. The minimum Gasteiger partial charge on any atom is -0.497 e. The number of benzene rings is 3. The van der Waals surface area contributed by atoms with E-state index in [1.54, 1.807) is 7.11 Å². The maximum Gasteiger partial charge on any atom is 0.140 e. The van der Waals surface area contributed by atoms with Gasteiger partial charge >= 0.3 is 0 Å². The maximum atomic E-state index is 12.0. The number of aliphatic hydroxyl groups is 1. The first-order valence-corrected chi connectivity index (χ1v) is 9.61. The summed E-state index contributed by atoms with van der Waals surface area (Å²) in [4.78, 5) is 2.05. The molecule has 146 valence electrons. The van der Waals surface area contributed by atoms with Crippen molar-refractivity contribution in [3.63, 3.8) is 0 Å². The van der Waals surface area contributed by atoms with E-state index in [0.29, 0.717) is 5.92 Å². The Morgan fingerprint density at radius 1 is 0.750 bits per heavy atom. The van der Waals surface area contributed by atoms with E-state index in [1.165, 1.54) is 5.56 Å². The van der Waals surface area contributed by atoms with Crippen molar-refractivity contribution in [1.29, 1.82) is 0 Å². The molecule has 0 saturated heterocycles. The molecule has 3 aromatic rings. The lowest BCUT2D eigenvalue weighted by atomic mass is 9.79. The second-order valence-electron chi connectivity index (χ2n) is 7.66. The van der Waals surface area contributed by atoms with Crippen molar-refractivity contribution in [2.24, 2.45) is 0 Å². The van der Waals surface area contributed by atoms with Crippen molar-refractivity contribution in [2.45, 2.75) is 25.4 Å². The van der Waals surface area contributed by atoms with Gasteiger partial charge < -0.3 is 14.7 Å². The Morgan fingerprint density at radius 2 is 1.18 bits per heavy atom. The molecule has 0 saturated carbocycles. The molecule has 3 aromatic carbocycles. The van der Waals surface area contributed by atoms with E-state index in [9.17, 15) is 5.11 Å². The largest absolute Gasteiger partial charge is 0.497 e. The topological polar surface area (TPSA) is 32.7 Å². The van der Waals surface area contributed by atoms with E-state index < -0.39 is 5.60 Å². The summed E-state index contributed by atoms with van der Waals surface area (Å²) in [5, 5.41) is 12.0. The Balaban J connectivity index is 2.14. The van der Waals surface area contributed by atoms with Gasteiger partial charge in [-0.2, -0.15) is 0 Å². The molecule has 1 atom stereocenters. The molecule has 0 bridgehead atoms. The van der Waals surface area contributed by atoms with Crippen LogP contribution in [0.25, 0.3) is 0 Å². The van der Waals surface area contributed by atoms with E-state index in [4.69, 9.17) is 4.74 Å². The van der Waals surface area contributed by atoms with Crippen LogP contribution in [0, 0.1) is 0 Å². The number of rotatable bonds is 6. The van der Waals surface area contributed by atoms with Crippen LogP contribution in [-0.2, 0) is 5.60 Å². The van der Waals surface area contributed by atoms with Crippen molar-refractivity contribution in [3.05, 3.63) is 95.1 Å². The number of nitrogens with zero attached hydrogens (tertiary/aromatic N) is 1. The van der Waals surface area contributed by atoms with Crippen LogP contribution in [0.3, 0.4) is 0 Å². The van der Waals surface area contributed by atoms with E-state index in [1.807, 2.05) is 79.7 Å². The third-order valence-electron chi connectivity index (χ3n) is 5.30. The van der Waals surface area contributed by atoms with Crippen molar-refractivity contribution >= 4 is 5.69 Å². The zero-order valence-electron chi connectivity index (χ0n) is 17.3. The molecule has 0 spiro atoms. The monoisotopic (exact) mass is 375 g/mol. The highest BCUT2D eigenvalue weighted by atomic mass is 16.5. The standard InChI is InChI=1S/C25H29NO2/c1-18(2)19-6-8-20(9-7-19)25(27,22-12-16-24(28-5)17-13-22)21-10-14-23(15-11-21)26(3)4/h6-18,27H,1-5H3. The van der Waals surface area contributed by atoms with Gasteiger partial charge in [-0.3, -0.25) is 0 Å². The number of hydrogen-bond acceptors (Lipinski definition) is 3. The molecule has 0 aliphatic heterocycles. The van der Waals surface area contributed by atoms with E-state index in [-0.39, 0.29) is 0 Å². The van der Waals surface area contributed by atoms with Crippen LogP contribution in [0.5, 0.6) is 5.75 Å². The predicted molar refractivity (Wildman–Crippen MR) is 116 cm³/mol. The number of anilines is 1. The van der Waals surface area contributed by atoms with Gasteiger partial charge in [0.2, 0.25) is 0 Å². The smallest absolute Gasteiger partial charge is 0.140 e. The van der Waals surface area contributed by atoms with E-state index in [0.717, 1.165) is 28.1 Å². The van der Waals surface area contributed by atoms with Gasteiger partial charge in [-0.05, 0) is 52.4 Å². The van der Waals surface area contributed by atoms with Gasteiger partial charge in [-0.25, -0.2) is 0 Å². The number of methoxy groups -OCH3 is 1. The summed E-state index contributed by atoms with van der Waals surface area (Å²) in [5.74, 6) is 1.21. The Hall–Kier alpha value is -2.78. The summed E-state index contributed by atoms with van der Waals surface area (Å²) in [6, 6.07) is 23.9. The summed E-state index contributed by atoms with van der Waals surface area (Å²) in [6.07, 6.45) is 0. The summed E-state index contributed by atoms with van der Waals surface area (Å²) in [5.41, 5.74) is 3.59. The molecule has 0 aliphatic rings.